The summed E-state index contributed by atoms with van der Waals surface area (Å²) in [7, 11) is 0. The van der Waals surface area contributed by atoms with Gasteiger partial charge in [0.25, 0.3) is 11.6 Å². The molecule has 1 saturated heterocycles. The molecular weight excluding hydrogens is 306 g/mol. The molecule has 0 N–H and O–H groups in total. The van der Waals surface area contributed by atoms with Crippen LogP contribution in [0.15, 0.2) is 47.5 Å². The number of carbonyl (C=O) groups is 1. The molecule has 0 spiro atoms. The minimum absolute atomic E-state index is 0.0164. The van der Waals surface area contributed by atoms with Crippen LogP contribution in [-0.2, 0) is 0 Å². The number of carbonyl (C=O) groups excluding carboxylic acids is 1. The minimum atomic E-state index is -0.419. The number of benzene rings is 2. The first-order valence-electron chi connectivity index (χ1n) is 7.87. The SMILES string of the molecule is O=C1c2cc(-c3cccc([N+](=O)[O-])c3)ccc2N=CC2CCCN12. The molecular formula is C18H15N3O3. The molecule has 24 heavy (non-hydrogen) atoms. The predicted octanol–water partition coefficient (Wildman–Crippen LogP) is 3.58. The summed E-state index contributed by atoms with van der Waals surface area (Å²) in [5.74, 6) is -0.0164. The van der Waals surface area contributed by atoms with E-state index in [1.807, 2.05) is 17.2 Å². The van der Waals surface area contributed by atoms with Gasteiger partial charge < -0.3 is 4.90 Å². The summed E-state index contributed by atoms with van der Waals surface area (Å²) in [4.78, 5) is 29.7. The smallest absolute Gasteiger partial charge is 0.270 e. The van der Waals surface area contributed by atoms with Crippen molar-refractivity contribution in [2.45, 2.75) is 18.9 Å². The maximum atomic E-state index is 12.8. The fraction of sp³-hybridized carbons (Fsp3) is 0.222. The van der Waals surface area contributed by atoms with Crippen LogP contribution >= 0.6 is 0 Å². The molecule has 0 saturated carbocycles. The molecule has 1 unspecified atom stereocenters. The fourth-order valence-corrected chi connectivity index (χ4v) is 3.32. The topological polar surface area (TPSA) is 75.8 Å². The van der Waals surface area contributed by atoms with E-state index >= 15 is 0 Å². The van der Waals surface area contributed by atoms with Crippen LogP contribution in [0.1, 0.15) is 23.2 Å². The number of rotatable bonds is 2. The van der Waals surface area contributed by atoms with Gasteiger partial charge in [0, 0.05) is 24.9 Å². The van der Waals surface area contributed by atoms with E-state index in [-0.39, 0.29) is 17.6 Å². The van der Waals surface area contributed by atoms with Gasteiger partial charge in [0.15, 0.2) is 0 Å². The lowest BCUT2D eigenvalue weighted by Crippen LogP contribution is -2.35. The number of fused-ring (bicyclic) bond motifs is 2. The van der Waals surface area contributed by atoms with E-state index < -0.39 is 4.92 Å². The molecule has 0 bridgehead atoms. The molecule has 2 aromatic rings. The van der Waals surface area contributed by atoms with Gasteiger partial charge in [-0.25, -0.2) is 0 Å². The van der Waals surface area contributed by atoms with Gasteiger partial charge in [0.05, 0.1) is 22.2 Å². The second-order valence-corrected chi connectivity index (χ2v) is 6.03. The number of hydrogen-bond acceptors (Lipinski definition) is 4. The lowest BCUT2D eigenvalue weighted by atomic mass is 10.0. The molecule has 2 heterocycles. The normalized spacial score (nSPS) is 18.9. The van der Waals surface area contributed by atoms with Crippen LogP contribution in [-0.4, -0.2) is 34.5 Å². The van der Waals surface area contributed by atoms with E-state index in [1.165, 1.54) is 12.1 Å². The Hall–Kier alpha value is -3.02. The largest absolute Gasteiger partial charge is 0.331 e. The van der Waals surface area contributed by atoms with Crippen molar-refractivity contribution in [3.63, 3.8) is 0 Å². The van der Waals surface area contributed by atoms with E-state index in [4.69, 9.17) is 0 Å². The van der Waals surface area contributed by atoms with Gasteiger partial charge in [-0.1, -0.05) is 18.2 Å². The van der Waals surface area contributed by atoms with Crippen LogP contribution in [0.25, 0.3) is 11.1 Å². The molecule has 2 aromatic carbocycles. The second-order valence-electron chi connectivity index (χ2n) is 6.03. The lowest BCUT2D eigenvalue weighted by Gasteiger charge is -2.20. The highest BCUT2D eigenvalue weighted by molar-refractivity contribution is 6.03. The first-order chi connectivity index (χ1) is 11.6. The zero-order valence-electron chi connectivity index (χ0n) is 12.9. The molecule has 2 aliphatic heterocycles. The second kappa shape index (κ2) is 5.56. The monoisotopic (exact) mass is 321 g/mol. The molecule has 0 aliphatic carbocycles. The molecule has 6 heteroatoms. The lowest BCUT2D eigenvalue weighted by molar-refractivity contribution is -0.384. The maximum absolute atomic E-state index is 12.8. The molecule has 1 fully saturated rings. The fourth-order valence-electron chi connectivity index (χ4n) is 3.32. The van der Waals surface area contributed by atoms with Crippen LogP contribution in [0.5, 0.6) is 0 Å². The third-order valence-corrected chi connectivity index (χ3v) is 4.56. The quantitative estimate of drug-likeness (QED) is 0.626. The van der Waals surface area contributed by atoms with E-state index in [0.29, 0.717) is 16.8 Å². The summed E-state index contributed by atoms with van der Waals surface area (Å²) in [6, 6.07) is 11.9. The summed E-state index contributed by atoms with van der Waals surface area (Å²) in [5, 5.41) is 11.0. The van der Waals surface area contributed by atoms with Gasteiger partial charge in [-0.2, -0.15) is 0 Å². The predicted molar refractivity (Wildman–Crippen MR) is 90.7 cm³/mol. The highest BCUT2D eigenvalue weighted by Crippen LogP contribution is 2.33. The summed E-state index contributed by atoms with van der Waals surface area (Å²) in [6.45, 7) is 0.746. The Bertz CT molecular complexity index is 876. The van der Waals surface area contributed by atoms with Crippen LogP contribution in [0, 0.1) is 10.1 Å². The Kier molecular flexibility index (Phi) is 3.37. The van der Waals surface area contributed by atoms with Crippen LogP contribution in [0.3, 0.4) is 0 Å². The standard InChI is InChI=1S/C18H15N3O3/c22-18-16-10-13(12-3-1-4-14(9-12)21(23)24)6-7-17(16)19-11-15-5-2-8-20(15)18/h1,3-4,6-7,9-11,15H,2,5,8H2. The Morgan fingerprint density at radius 3 is 2.83 bits per heavy atom. The number of nitro groups is 1. The number of amides is 1. The van der Waals surface area contributed by atoms with Crippen molar-refractivity contribution >= 4 is 23.5 Å². The van der Waals surface area contributed by atoms with Crippen LogP contribution in [0.4, 0.5) is 11.4 Å². The van der Waals surface area contributed by atoms with Gasteiger partial charge in [-0.05, 0) is 36.1 Å². The van der Waals surface area contributed by atoms with Crippen molar-refractivity contribution in [1.82, 2.24) is 4.90 Å². The van der Waals surface area contributed by atoms with E-state index in [1.54, 1.807) is 24.3 Å². The van der Waals surface area contributed by atoms with Crippen molar-refractivity contribution in [1.29, 1.82) is 0 Å². The van der Waals surface area contributed by atoms with Gasteiger partial charge in [-0.15, -0.1) is 0 Å². The molecule has 1 atom stereocenters. The number of nitro benzene ring substituents is 1. The van der Waals surface area contributed by atoms with E-state index in [2.05, 4.69) is 4.99 Å². The maximum Gasteiger partial charge on any atom is 0.270 e. The average Bonchev–Trinajstić information content (AvgIpc) is 3.03. The van der Waals surface area contributed by atoms with Crippen molar-refractivity contribution in [2.75, 3.05) is 6.54 Å². The number of non-ortho nitro benzene ring substituents is 1. The molecule has 4 rings (SSSR count). The van der Waals surface area contributed by atoms with Crippen LogP contribution < -0.4 is 0 Å². The van der Waals surface area contributed by atoms with Gasteiger partial charge in [-0.3, -0.25) is 19.9 Å². The average molecular weight is 321 g/mol. The van der Waals surface area contributed by atoms with Gasteiger partial charge in [0.1, 0.15) is 0 Å². The Morgan fingerprint density at radius 1 is 1.17 bits per heavy atom. The molecule has 0 radical (unpaired) electrons. The van der Waals surface area contributed by atoms with Crippen molar-refractivity contribution in [2.24, 2.45) is 4.99 Å². The third-order valence-electron chi connectivity index (χ3n) is 4.56. The molecule has 6 nitrogen and oxygen atoms in total. The minimum Gasteiger partial charge on any atom is -0.331 e. The summed E-state index contributed by atoms with van der Waals surface area (Å²) >= 11 is 0. The van der Waals surface area contributed by atoms with Gasteiger partial charge in [0.2, 0.25) is 0 Å². The Labute approximate surface area is 138 Å². The summed E-state index contributed by atoms with van der Waals surface area (Å²) in [6.07, 6.45) is 3.78. The Balaban J connectivity index is 1.78. The molecule has 120 valence electrons. The first-order valence-corrected chi connectivity index (χ1v) is 7.87. The highest BCUT2D eigenvalue weighted by Gasteiger charge is 2.31. The zero-order chi connectivity index (χ0) is 16.7. The highest BCUT2D eigenvalue weighted by atomic mass is 16.6. The Morgan fingerprint density at radius 2 is 2.00 bits per heavy atom. The van der Waals surface area contributed by atoms with Crippen molar-refractivity contribution in [3.05, 3.63) is 58.1 Å². The van der Waals surface area contributed by atoms with Crippen LogP contribution in [0.2, 0.25) is 0 Å². The van der Waals surface area contributed by atoms with E-state index in [0.717, 1.165) is 24.9 Å². The third kappa shape index (κ3) is 2.36. The summed E-state index contributed by atoms with van der Waals surface area (Å²) in [5.41, 5.74) is 2.74. The van der Waals surface area contributed by atoms with E-state index in [9.17, 15) is 14.9 Å². The number of hydrogen-bond donors (Lipinski definition) is 0. The molecule has 2 aliphatic rings. The molecule has 0 aromatic heterocycles. The van der Waals surface area contributed by atoms with Crippen molar-refractivity contribution in [3.8, 4) is 11.1 Å². The van der Waals surface area contributed by atoms with Gasteiger partial charge >= 0.3 is 0 Å². The molecule has 1 amide bonds. The van der Waals surface area contributed by atoms with Crippen molar-refractivity contribution < 1.29 is 9.72 Å². The first kappa shape index (κ1) is 14.6. The number of nitrogens with zero attached hydrogens (tertiary/aromatic N) is 3. The summed E-state index contributed by atoms with van der Waals surface area (Å²) < 4.78 is 0. The zero-order valence-corrected chi connectivity index (χ0v) is 12.9. The number of aliphatic imine (C=N–C) groups is 1.